The molecule has 0 radical (unpaired) electrons. The first kappa shape index (κ1) is 98.2. The fourth-order valence-electron chi connectivity index (χ4n) is 16.4. The van der Waals surface area contributed by atoms with Gasteiger partial charge in [0.25, 0.3) is 0 Å². The zero-order valence-electron chi connectivity index (χ0n) is 74.6. The maximum Gasteiger partial charge on any atom is 1.00 e. The molecule has 9 aromatic heterocycles. The third kappa shape index (κ3) is 21.7. The van der Waals surface area contributed by atoms with E-state index in [2.05, 4.69) is 91.0 Å². The number of ether oxygens (including phenoxy) is 5. The van der Waals surface area contributed by atoms with E-state index < -0.39 is 44.2 Å². The summed E-state index contributed by atoms with van der Waals surface area (Å²) in [5.41, 5.74) is 22.9. The van der Waals surface area contributed by atoms with Crippen LogP contribution in [0.25, 0.3) is 62.0 Å². The van der Waals surface area contributed by atoms with E-state index in [0.717, 1.165) is 80.3 Å². The molecule has 0 aliphatic carbocycles. The summed E-state index contributed by atoms with van der Waals surface area (Å²) in [5.74, 6) is -0.174. The van der Waals surface area contributed by atoms with Crippen molar-refractivity contribution < 1.29 is 94.8 Å². The molecule has 6 atom stereocenters. The summed E-state index contributed by atoms with van der Waals surface area (Å²) in [6.07, 6.45) is 15.9. The van der Waals surface area contributed by atoms with Gasteiger partial charge in [0, 0.05) is 65.5 Å². The number of nitro groups is 3. The van der Waals surface area contributed by atoms with Gasteiger partial charge in [-0.25, -0.2) is 66.8 Å². The Balaban J connectivity index is 0.000000119. The number of nitrogen functional groups attached to an aromatic ring is 1. The molecular formula is C95H74Cl3F5N27NaO12. The molecule has 48 heteroatoms. The molecule has 15 heterocycles. The number of fused-ring (bicyclic) bond motifs is 10. The largest absolute Gasteiger partial charge is 1.00 e. The van der Waals surface area contributed by atoms with Crippen LogP contribution in [0.5, 0.6) is 28.7 Å². The van der Waals surface area contributed by atoms with Crippen LogP contribution in [0.1, 0.15) is 102 Å². The van der Waals surface area contributed by atoms with Crippen molar-refractivity contribution in [1.29, 1.82) is 0 Å². The van der Waals surface area contributed by atoms with E-state index >= 15 is 0 Å². The van der Waals surface area contributed by atoms with E-state index in [4.69, 9.17) is 74.9 Å². The van der Waals surface area contributed by atoms with Crippen molar-refractivity contribution in [2.75, 3.05) is 60.0 Å². The van der Waals surface area contributed by atoms with E-state index in [-0.39, 0.29) is 158 Å². The van der Waals surface area contributed by atoms with Crippen LogP contribution in [0.15, 0.2) is 244 Å². The van der Waals surface area contributed by atoms with Crippen molar-refractivity contribution in [2.24, 2.45) is 5.73 Å². The molecule has 143 heavy (non-hydrogen) atoms. The molecule has 0 saturated heterocycles. The smallest absolute Gasteiger partial charge is 0.490 e. The molecule has 18 aromatic rings. The number of hydrogen-bond acceptors (Lipinski definition) is 31. The van der Waals surface area contributed by atoms with Crippen LogP contribution < -0.4 is 91.0 Å². The number of carbonyl (C=O) groups excluding carboxylic acids is 1. The van der Waals surface area contributed by atoms with Crippen LogP contribution in [0.2, 0.25) is 15.7 Å². The van der Waals surface area contributed by atoms with Gasteiger partial charge in [-0.3, -0.25) is 48.8 Å². The number of nitrogens with two attached hydrogens (primary N) is 2. The van der Waals surface area contributed by atoms with Gasteiger partial charge in [0.1, 0.15) is 37.6 Å². The fourth-order valence-corrected chi connectivity index (χ4v) is 16.9. The molecule has 0 fully saturated rings. The molecule has 0 spiro atoms. The Hall–Kier alpha value is -16.4. The van der Waals surface area contributed by atoms with Gasteiger partial charge in [0.05, 0.1) is 134 Å². The summed E-state index contributed by atoms with van der Waals surface area (Å²) in [5, 5.41) is 44.5. The Labute approximate surface area is 841 Å². The van der Waals surface area contributed by atoms with Crippen molar-refractivity contribution >= 4 is 131 Å². The second kappa shape index (κ2) is 44.0. The van der Waals surface area contributed by atoms with Crippen molar-refractivity contribution in [3.63, 3.8) is 0 Å². The predicted octanol–water partition coefficient (Wildman–Crippen LogP) is 15.4. The number of rotatable bonds is 13. The van der Waals surface area contributed by atoms with E-state index in [0.29, 0.717) is 103 Å². The van der Waals surface area contributed by atoms with Crippen molar-refractivity contribution in [3.8, 4) is 46.6 Å². The third-order valence-electron chi connectivity index (χ3n) is 23.1. The van der Waals surface area contributed by atoms with Gasteiger partial charge >= 0.3 is 46.6 Å². The molecule has 0 bridgehead atoms. The number of imidazole rings is 4. The molecule has 9 aromatic carbocycles. The zero-order valence-corrected chi connectivity index (χ0v) is 78.9. The first-order chi connectivity index (χ1) is 68.9. The van der Waals surface area contributed by atoms with Crippen LogP contribution in [-0.2, 0) is 4.79 Å². The number of carbonyl (C=O) groups is 1. The Bertz CT molecular complexity index is 7790. The Morgan fingerprint density at radius 2 is 0.783 bits per heavy atom. The number of benzene rings is 9. The third-order valence-corrected chi connectivity index (χ3v) is 23.7. The van der Waals surface area contributed by atoms with Crippen molar-refractivity contribution in [3.05, 3.63) is 353 Å². The molecule has 6 aliphatic rings. The average molecular weight is 2010 g/mol. The molecule has 0 saturated carbocycles. The number of halogens is 8. The number of aromatic nitrogens is 18. The summed E-state index contributed by atoms with van der Waals surface area (Å²) >= 11 is 16.3. The van der Waals surface area contributed by atoms with Gasteiger partial charge in [-0.05, 0) is 107 Å². The molecule has 8 N–H and O–H groups in total. The van der Waals surface area contributed by atoms with Gasteiger partial charge in [0.15, 0.2) is 63.7 Å². The number of amides is 1. The Morgan fingerprint density at radius 1 is 0.406 bits per heavy atom. The van der Waals surface area contributed by atoms with Crippen LogP contribution in [0.4, 0.5) is 67.8 Å². The topological polar surface area (TPSA) is 502 Å². The predicted molar refractivity (Wildman–Crippen MR) is 511 cm³/mol. The number of nitrogens with zero attached hydrogens (tertiary/aromatic N) is 21. The first-order valence-corrected chi connectivity index (χ1v) is 44.6. The second-order valence-electron chi connectivity index (χ2n) is 31.7. The van der Waals surface area contributed by atoms with Gasteiger partial charge < -0.3 is 66.4 Å². The molecule has 718 valence electrons. The average Bonchev–Trinajstić information content (AvgIpc) is 1.62. The zero-order chi connectivity index (χ0) is 98.8. The second-order valence-corrected chi connectivity index (χ2v) is 32.8. The molecule has 39 nitrogen and oxygen atoms in total. The monoisotopic (exact) mass is 2010 g/mol. The van der Waals surface area contributed by atoms with E-state index in [1.165, 1.54) is 30.3 Å². The van der Waals surface area contributed by atoms with Gasteiger partial charge in [-0.15, -0.1) is 0 Å². The summed E-state index contributed by atoms with van der Waals surface area (Å²) in [6.45, 7) is 1.84. The number of nitrogens with one attached hydrogen (secondary N) is 4. The van der Waals surface area contributed by atoms with Crippen LogP contribution >= 0.6 is 34.8 Å². The van der Waals surface area contributed by atoms with Gasteiger partial charge in [0.2, 0.25) is 51.1 Å². The molecule has 1 amide bonds. The number of para-hydroxylation sites is 13. The van der Waals surface area contributed by atoms with Gasteiger partial charge in [-0.1, -0.05) is 139 Å². The van der Waals surface area contributed by atoms with E-state index in [1.807, 2.05) is 115 Å². The maximum absolute atomic E-state index is 14.3. The first-order valence-electron chi connectivity index (χ1n) is 43.5. The maximum atomic E-state index is 14.3. The summed E-state index contributed by atoms with van der Waals surface area (Å²) in [4.78, 5) is 106. The Kier molecular flexibility index (Phi) is 30.2. The minimum atomic E-state index is -0.682. The number of anilines is 5. The quantitative estimate of drug-likeness (QED) is 0.0156. The van der Waals surface area contributed by atoms with Crippen LogP contribution in [0.3, 0.4) is 0 Å². The minimum Gasteiger partial charge on any atom is -0.490 e. The normalized spacial score (nSPS) is 16.2. The summed E-state index contributed by atoms with van der Waals surface area (Å²) < 4.78 is 101. The summed E-state index contributed by atoms with van der Waals surface area (Å²) in [6, 6.07) is 53.4. The van der Waals surface area contributed by atoms with E-state index in [9.17, 15) is 57.1 Å². The van der Waals surface area contributed by atoms with Crippen LogP contribution in [-0.4, -0.2) is 137 Å². The van der Waals surface area contributed by atoms with Crippen LogP contribution in [0, 0.1) is 59.4 Å². The van der Waals surface area contributed by atoms with Gasteiger partial charge in [-0.2, -0.15) is 19.9 Å². The fraction of sp³-hybridized carbons (Fsp3) is 0.168. The van der Waals surface area contributed by atoms with E-state index in [1.54, 1.807) is 93.9 Å². The Morgan fingerprint density at radius 3 is 1.26 bits per heavy atom. The standard InChI is InChI=1S/C22H16FN5O2.C20H15FN6O3.C20H17FN6O.C13H10ClFN4O3.C9H10FNO.C7H5N2.C4HCl2N3O2.Na/c23-14-5-3-4-13-12(8-9-30-20(13)14)18-19-16(26-21(18)29)10-24-22(27-19)28-11-25-15-6-1-2-7-17(15)28;21-13-5-3-4-12-14(8-9-30-18(12)13)24-19-17(27(28)29)10-22-20(25-19)26-11-23-15-6-1-2-7-16(15)26;21-13-5-3-4-12-15(8-9-28-18(12)13)25-19-14(22)10-23-20(26-19)27-11-24-16-6-1-2-7-17(16)27;14-13-16-6-10(19(20)21)12(18-13)17-9-4-5-22-11-7(9)2-1-3-8(11)15;10-7-3-1-2-6-8(11)4-5-12-9(6)7;1-2-4-7-6(3-1)8-5-9-7;5-3-2(9(10)11)1-7-4(6)8-3;/h1-7,10-12,18H,8-9H2,(H,26,29);1-7,10-11,14H,8-9H2,(H,22,24,25);1-7,10-11,15H,8-9,22H2,(H,23,25,26);1-3,6,9H,4-5H2,(H,16,17,18);1-3,8H,4-5,11H2;1-5H;1H;/q;;;;;-1;;+1/t;14-;15-;9-;;;;/m.111..../s1. The van der Waals surface area contributed by atoms with Crippen molar-refractivity contribution in [2.45, 2.75) is 68.1 Å². The molecule has 24 rings (SSSR count). The summed E-state index contributed by atoms with van der Waals surface area (Å²) in [7, 11) is 0. The minimum absolute atomic E-state index is 0. The molecule has 3 unspecified atom stereocenters. The number of hydrogen-bond donors (Lipinski definition) is 6. The van der Waals surface area contributed by atoms with Crippen molar-refractivity contribution in [1.82, 2.24) is 88.5 Å². The molecule has 6 aliphatic heterocycles. The SMILES string of the molecule is NC1CCOc2c(F)cccc21.Nc1cnc(-n2cnc3ccccc32)nc1N[C@@H]1CCOc2c(F)cccc21.O=C1Nc2cnc(-n3cnc4ccccc43)nc2C1C1CCOc2c(F)cccc21.O=[N+]([O-])c1cnc(-n2cnc3ccccc32)nc1N[C@@H]1CCOc2c(F)cccc21.O=[N+]([O-])c1cnc(Cl)nc1Cl.O=[N+]([O-])c1cnc(Cl)nc1N[C@@H]1CCOc2c(F)cccc21.[Na+].c1ccc2[n-]cnc2c1. The molecular weight excluding hydrogens is 1940 g/mol.